The first-order valence-corrected chi connectivity index (χ1v) is 4.15. The monoisotopic (exact) mass is 196 g/mol. The minimum Gasteiger partial charge on any atom is -0.506 e. The number of hydrazine groups is 1. The predicted molar refractivity (Wildman–Crippen MR) is 51.9 cm³/mol. The fraction of sp³-hybridized carbons (Fsp3) is 0.222. The summed E-state index contributed by atoms with van der Waals surface area (Å²) in [6, 6.07) is 4.32. The average molecular weight is 196 g/mol. The Morgan fingerprint density at radius 3 is 2.86 bits per heavy atom. The second-order valence-electron chi connectivity index (χ2n) is 2.60. The molecular weight excluding hydrogens is 184 g/mol. The van der Waals surface area contributed by atoms with Crippen LogP contribution in [0.15, 0.2) is 18.2 Å². The van der Waals surface area contributed by atoms with Crippen molar-refractivity contribution in [1.29, 1.82) is 0 Å². The molecule has 5 heteroatoms. The van der Waals surface area contributed by atoms with Gasteiger partial charge in [0.15, 0.2) is 0 Å². The van der Waals surface area contributed by atoms with E-state index in [4.69, 9.17) is 10.6 Å². The van der Waals surface area contributed by atoms with Crippen molar-refractivity contribution in [2.75, 3.05) is 12.0 Å². The number of hydrogen-bond donors (Lipinski definition) is 3. The van der Waals surface area contributed by atoms with Gasteiger partial charge in [0, 0.05) is 0 Å². The summed E-state index contributed by atoms with van der Waals surface area (Å²) in [5.41, 5.74) is 2.95. The maximum Gasteiger partial charge on any atom is 0.338 e. The van der Waals surface area contributed by atoms with Crippen molar-refractivity contribution >= 4 is 11.7 Å². The highest BCUT2D eigenvalue weighted by molar-refractivity contribution is 5.90. The maximum atomic E-state index is 11.2. The first-order valence-electron chi connectivity index (χ1n) is 4.15. The fourth-order valence-corrected chi connectivity index (χ4v) is 0.995. The van der Waals surface area contributed by atoms with Gasteiger partial charge in [-0.25, -0.2) is 4.79 Å². The van der Waals surface area contributed by atoms with Crippen molar-refractivity contribution in [2.45, 2.75) is 6.92 Å². The minimum atomic E-state index is -0.466. The van der Waals surface area contributed by atoms with Gasteiger partial charge in [-0.2, -0.15) is 0 Å². The molecular formula is C9H12N2O3. The molecule has 0 spiro atoms. The topological polar surface area (TPSA) is 84.6 Å². The van der Waals surface area contributed by atoms with Gasteiger partial charge in [-0.15, -0.1) is 0 Å². The molecule has 0 radical (unpaired) electrons. The van der Waals surface area contributed by atoms with Gasteiger partial charge < -0.3 is 15.3 Å². The van der Waals surface area contributed by atoms with Crippen LogP contribution in [0.3, 0.4) is 0 Å². The van der Waals surface area contributed by atoms with Crippen LogP contribution in [0, 0.1) is 0 Å². The van der Waals surface area contributed by atoms with Crippen LogP contribution in [-0.4, -0.2) is 17.7 Å². The van der Waals surface area contributed by atoms with Crippen molar-refractivity contribution in [1.82, 2.24) is 0 Å². The molecule has 0 amide bonds. The Kier molecular flexibility index (Phi) is 3.30. The third-order valence-corrected chi connectivity index (χ3v) is 1.66. The highest BCUT2D eigenvalue weighted by Gasteiger charge is 2.08. The highest BCUT2D eigenvalue weighted by atomic mass is 16.5. The van der Waals surface area contributed by atoms with Crippen molar-refractivity contribution in [3.05, 3.63) is 23.8 Å². The Bertz CT molecular complexity index is 339. The molecule has 0 atom stereocenters. The number of nitrogens with two attached hydrogens (primary N) is 1. The molecule has 0 aliphatic heterocycles. The summed E-state index contributed by atoms with van der Waals surface area (Å²) in [6.45, 7) is 2.02. The van der Waals surface area contributed by atoms with Crippen LogP contribution in [0.25, 0.3) is 0 Å². The van der Waals surface area contributed by atoms with E-state index in [1.165, 1.54) is 18.2 Å². The lowest BCUT2D eigenvalue weighted by Gasteiger charge is -2.05. The largest absolute Gasteiger partial charge is 0.506 e. The summed E-state index contributed by atoms with van der Waals surface area (Å²) in [6.07, 6.45) is 0. The molecule has 0 aliphatic carbocycles. The van der Waals surface area contributed by atoms with E-state index in [9.17, 15) is 9.90 Å². The number of phenolic OH excluding ortho intramolecular Hbond substituents is 1. The number of phenols is 1. The van der Waals surface area contributed by atoms with Gasteiger partial charge in [0.25, 0.3) is 0 Å². The van der Waals surface area contributed by atoms with Gasteiger partial charge in [0.1, 0.15) is 5.75 Å². The zero-order chi connectivity index (χ0) is 10.6. The van der Waals surface area contributed by atoms with E-state index in [-0.39, 0.29) is 5.75 Å². The molecule has 5 nitrogen and oxygen atoms in total. The zero-order valence-corrected chi connectivity index (χ0v) is 7.78. The Morgan fingerprint density at radius 1 is 1.64 bits per heavy atom. The van der Waals surface area contributed by atoms with Gasteiger partial charge in [0.05, 0.1) is 17.9 Å². The number of esters is 1. The lowest BCUT2D eigenvalue weighted by atomic mass is 10.2. The van der Waals surface area contributed by atoms with Gasteiger partial charge in [-0.05, 0) is 25.1 Å². The van der Waals surface area contributed by atoms with E-state index in [2.05, 4.69) is 5.43 Å². The molecule has 0 saturated heterocycles. The van der Waals surface area contributed by atoms with Crippen LogP contribution < -0.4 is 11.3 Å². The molecule has 1 aromatic carbocycles. The third-order valence-electron chi connectivity index (χ3n) is 1.66. The summed E-state index contributed by atoms with van der Waals surface area (Å²) >= 11 is 0. The second-order valence-corrected chi connectivity index (χ2v) is 2.60. The van der Waals surface area contributed by atoms with Gasteiger partial charge >= 0.3 is 5.97 Å². The molecule has 0 fully saturated rings. The Morgan fingerprint density at radius 2 is 2.36 bits per heavy atom. The molecule has 0 saturated carbocycles. The number of aromatic hydroxyl groups is 1. The van der Waals surface area contributed by atoms with E-state index >= 15 is 0 Å². The van der Waals surface area contributed by atoms with E-state index in [1.807, 2.05) is 0 Å². The number of carbonyl (C=O) groups excluding carboxylic acids is 1. The summed E-state index contributed by atoms with van der Waals surface area (Å²) in [5.74, 6) is 4.56. The molecule has 0 heterocycles. The molecule has 0 aromatic heterocycles. The number of nitrogen functional groups attached to an aromatic ring is 1. The number of ether oxygens (including phenoxy) is 1. The standard InChI is InChI=1S/C9H12N2O3/c1-2-14-9(13)6-3-4-7(11-10)8(12)5-6/h3-5,11-12H,2,10H2,1H3. The first kappa shape index (κ1) is 10.3. The van der Waals surface area contributed by atoms with Crippen molar-refractivity contribution < 1.29 is 14.6 Å². The van der Waals surface area contributed by atoms with E-state index in [1.54, 1.807) is 6.92 Å². The molecule has 76 valence electrons. The molecule has 1 aromatic rings. The summed E-state index contributed by atoms with van der Waals surface area (Å²) in [4.78, 5) is 11.2. The second kappa shape index (κ2) is 4.48. The number of nitrogens with one attached hydrogen (secondary N) is 1. The number of hydrogen-bond acceptors (Lipinski definition) is 5. The lowest BCUT2D eigenvalue weighted by molar-refractivity contribution is 0.0526. The van der Waals surface area contributed by atoms with Crippen LogP contribution in [0.2, 0.25) is 0 Å². The molecule has 0 unspecified atom stereocenters. The Labute approximate surface area is 81.5 Å². The molecule has 4 N–H and O–H groups in total. The number of anilines is 1. The predicted octanol–water partition coefficient (Wildman–Crippen LogP) is 0.854. The van der Waals surface area contributed by atoms with Crippen LogP contribution in [0.1, 0.15) is 17.3 Å². The van der Waals surface area contributed by atoms with Crippen molar-refractivity contribution in [3.63, 3.8) is 0 Å². The Balaban J connectivity index is 2.91. The number of rotatable bonds is 3. The lowest BCUT2D eigenvalue weighted by Crippen LogP contribution is -2.08. The van der Waals surface area contributed by atoms with E-state index in [0.717, 1.165) is 0 Å². The maximum absolute atomic E-state index is 11.2. The smallest absolute Gasteiger partial charge is 0.338 e. The fourth-order valence-electron chi connectivity index (χ4n) is 0.995. The zero-order valence-electron chi connectivity index (χ0n) is 7.78. The van der Waals surface area contributed by atoms with E-state index < -0.39 is 5.97 Å². The van der Waals surface area contributed by atoms with Crippen LogP contribution >= 0.6 is 0 Å². The van der Waals surface area contributed by atoms with Crippen molar-refractivity contribution in [2.24, 2.45) is 5.84 Å². The minimum absolute atomic E-state index is 0.0851. The van der Waals surface area contributed by atoms with Gasteiger partial charge in [-0.1, -0.05) is 0 Å². The normalized spacial score (nSPS) is 9.57. The SMILES string of the molecule is CCOC(=O)c1ccc(NN)c(O)c1. The van der Waals surface area contributed by atoms with Crippen LogP contribution in [0.5, 0.6) is 5.75 Å². The summed E-state index contributed by atoms with van der Waals surface area (Å²) in [7, 11) is 0. The quantitative estimate of drug-likeness (QED) is 0.289. The molecule has 0 bridgehead atoms. The molecule has 1 rings (SSSR count). The van der Waals surface area contributed by atoms with Gasteiger partial charge in [-0.3, -0.25) is 5.84 Å². The Hall–Kier alpha value is -1.75. The number of benzene rings is 1. The summed E-state index contributed by atoms with van der Waals surface area (Å²) < 4.78 is 4.75. The van der Waals surface area contributed by atoms with E-state index in [0.29, 0.717) is 17.9 Å². The van der Waals surface area contributed by atoms with Crippen LogP contribution in [0.4, 0.5) is 5.69 Å². The highest BCUT2D eigenvalue weighted by Crippen LogP contribution is 2.23. The van der Waals surface area contributed by atoms with Crippen molar-refractivity contribution in [3.8, 4) is 5.75 Å². The average Bonchev–Trinajstić information content (AvgIpc) is 2.18. The first-order chi connectivity index (χ1) is 6.69. The molecule has 0 aliphatic rings. The third kappa shape index (κ3) is 2.14. The molecule has 14 heavy (non-hydrogen) atoms. The summed E-state index contributed by atoms with van der Waals surface area (Å²) in [5, 5.41) is 9.36. The van der Waals surface area contributed by atoms with Gasteiger partial charge in [0.2, 0.25) is 0 Å². The number of carbonyl (C=O) groups is 1. The van der Waals surface area contributed by atoms with Crippen LogP contribution in [-0.2, 0) is 4.74 Å².